The molecule has 1 aliphatic rings. The van der Waals surface area contributed by atoms with Gasteiger partial charge in [0.1, 0.15) is 19.6 Å². The van der Waals surface area contributed by atoms with Crippen molar-refractivity contribution in [3.05, 3.63) is 46.3 Å². The smallest absolute Gasteiger partial charge is 0.449 e. The lowest BCUT2D eigenvalue weighted by atomic mass is 9.96. The Kier molecular flexibility index (Phi) is 5.03. The predicted octanol–water partition coefficient (Wildman–Crippen LogP) is 2.91. The molecule has 112 valence electrons. The van der Waals surface area contributed by atoms with Gasteiger partial charge in [-0.1, -0.05) is 35.4 Å². The van der Waals surface area contributed by atoms with Crippen LogP contribution < -0.4 is 5.43 Å². The topological polar surface area (TPSA) is 98.1 Å². The summed E-state index contributed by atoms with van der Waals surface area (Å²) in [6.07, 6.45) is 0.865. The van der Waals surface area contributed by atoms with Crippen molar-refractivity contribution >= 4 is 6.09 Å². The molecule has 1 saturated heterocycles. The van der Waals surface area contributed by atoms with Gasteiger partial charge in [0.25, 0.3) is 0 Å². The molecular formula is C14H20N5O2+. The van der Waals surface area contributed by atoms with Crippen LogP contribution in [0, 0.1) is 5.92 Å². The molecule has 21 heavy (non-hydrogen) atoms. The summed E-state index contributed by atoms with van der Waals surface area (Å²) in [6.45, 7) is 2.45. The third-order valence-corrected chi connectivity index (χ3v) is 3.87. The van der Waals surface area contributed by atoms with E-state index in [4.69, 9.17) is 10.6 Å². The van der Waals surface area contributed by atoms with Gasteiger partial charge >= 0.3 is 6.09 Å². The summed E-state index contributed by atoms with van der Waals surface area (Å²) in [5.74, 6) is 0.213. The van der Waals surface area contributed by atoms with Crippen LogP contribution in [0.15, 0.2) is 35.4 Å². The molecule has 0 radical (unpaired) electrons. The van der Waals surface area contributed by atoms with Crippen molar-refractivity contribution in [1.29, 1.82) is 0 Å². The highest BCUT2D eigenvalue weighted by molar-refractivity contribution is 5.62. The van der Waals surface area contributed by atoms with E-state index in [-0.39, 0.29) is 5.92 Å². The number of carboxylic acid groups (broad SMARTS) is 1. The molecule has 2 rings (SSSR count). The monoisotopic (exact) mass is 290 g/mol. The van der Waals surface area contributed by atoms with Gasteiger partial charge in [-0.05, 0) is 18.4 Å². The van der Waals surface area contributed by atoms with E-state index in [1.54, 1.807) is 0 Å². The molecule has 0 aliphatic carbocycles. The van der Waals surface area contributed by atoms with E-state index in [0.717, 1.165) is 24.9 Å². The molecule has 0 saturated carbocycles. The van der Waals surface area contributed by atoms with Gasteiger partial charge in [0.05, 0.1) is 0 Å². The van der Waals surface area contributed by atoms with Crippen LogP contribution >= 0.6 is 0 Å². The molecule has 0 spiro atoms. The van der Waals surface area contributed by atoms with E-state index < -0.39 is 6.09 Å². The average molecular weight is 290 g/mol. The number of hydrogen-bond acceptors (Lipinski definition) is 2. The molecule has 7 heteroatoms. The normalized spacial score (nSPS) is 24.9. The second-order valence-corrected chi connectivity index (χ2v) is 5.53. The van der Waals surface area contributed by atoms with Crippen LogP contribution in [0.4, 0.5) is 4.79 Å². The highest BCUT2D eigenvalue weighted by atomic mass is 16.4. The fourth-order valence-corrected chi connectivity index (χ4v) is 3.08. The number of nitrogens with zero attached hydrogens (tertiary/aromatic N) is 4. The van der Waals surface area contributed by atoms with Crippen LogP contribution in [-0.2, 0) is 6.54 Å². The molecule has 2 N–H and O–H groups in total. The SMILES string of the molecule is [N-]=[N+]=NCC1CCC[N+](Cc2ccccc2)(NC(=O)O)C1. The summed E-state index contributed by atoms with van der Waals surface area (Å²) >= 11 is 0. The van der Waals surface area contributed by atoms with Crippen LogP contribution in [0.3, 0.4) is 0 Å². The molecule has 7 nitrogen and oxygen atoms in total. The largest absolute Gasteiger partial charge is 0.462 e. The van der Waals surface area contributed by atoms with Crippen LogP contribution in [0.2, 0.25) is 0 Å². The standard InChI is InChI=1S/C14H19N5O2/c15-18-16-9-13-7-4-8-19(11-13,17-14(20)21)10-12-5-2-1-3-6-12/h1-3,5-6,13,17H,4,7-11H2/p+1. The van der Waals surface area contributed by atoms with Crippen LogP contribution in [0.5, 0.6) is 0 Å². The number of nitrogens with one attached hydrogen (secondary N) is 1. The van der Waals surface area contributed by atoms with Crippen LogP contribution in [0.25, 0.3) is 10.4 Å². The second kappa shape index (κ2) is 6.97. The molecule has 2 atom stereocenters. The van der Waals surface area contributed by atoms with Gasteiger partial charge in [-0.2, -0.15) is 5.43 Å². The number of azide groups is 1. The number of piperidine rings is 1. The molecule has 1 aromatic rings. The number of rotatable bonds is 5. The number of carbonyl (C=O) groups is 1. The first-order valence-corrected chi connectivity index (χ1v) is 7.06. The Balaban J connectivity index is 2.15. The minimum atomic E-state index is -1.02. The fraction of sp³-hybridized carbons (Fsp3) is 0.500. The fourth-order valence-electron chi connectivity index (χ4n) is 3.08. The zero-order chi connectivity index (χ0) is 15.1. The van der Waals surface area contributed by atoms with E-state index in [0.29, 0.717) is 24.2 Å². The molecule has 0 bridgehead atoms. The van der Waals surface area contributed by atoms with Gasteiger partial charge in [0.2, 0.25) is 0 Å². The quantitative estimate of drug-likeness (QED) is 0.377. The third-order valence-electron chi connectivity index (χ3n) is 3.87. The summed E-state index contributed by atoms with van der Waals surface area (Å²) < 4.78 is 0.297. The van der Waals surface area contributed by atoms with Gasteiger partial charge in [-0.15, -0.1) is 0 Å². The predicted molar refractivity (Wildman–Crippen MR) is 78.0 cm³/mol. The van der Waals surface area contributed by atoms with E-state index in [2.05, 4.69) is 15.5 Å². The van der Waals surface area contributed by atoms with Crippen molar-refractivity contribution in [3.63, 3.8) is 0 Å². The lowest BCUT2D eigenvalue weighted by Crippen LogP contribution is -2.63. The van der Waals surface area contributed by atoms with Crippen molar-refractivity contribution in [3.8, 4) is 0 Å². The van der Waals surface area contributed by atoms with Crippen LogP contribution in [-0.4, -0.2) is 35.4 Å². The highest BCUT2D eigenvalue weighted by Gasteiger charge is 2.37. The van der Waals surface area contributed by atoms with Crippen molar-refractivity contribution in [2.24, 2.45) is 11.0 Å². The Morgan fingerprint density at radius 2 is 2.24 bits per heavy atom. The van der Waals surface area contributed by atoms with E-state index in [1.807, 2.05) is 30.3 Å². The zero-order valence-corrected chi connectivity index (χ0v) is 11.9. The van der Waals surface area contributed by atoms with Crippen molar-refractivity contribution in [2.75, 3.05) is 19.6 Å². The number of quaternary nitrogens is 1. The molecule has 1 fully saturated rings. The maximum atomic E-state index is 11.2. The molecule has 2 unspecified atom stereocenters. The van der Waals surface area contributed by atoms with Gasteiger partial charge in [0.15, 0.2) is 0 Å². The van der Waals surface area contributed by atoms with E-state index in [9.17, 15) is 4.79 Å². The number of hydrogen-bond donors (Lipinski definition) is 2. The van der Waals surface area contributed by atoms with Gasteiger partial charge in [-0.25, -0.2) is 9.39 Å². The van der Waals surface area contributed by atoms with E-state index >= 15 is 0 Å². The summed E-state index contributed by atoms with van der Waals surface area (Å²) in [4.78, 5) is 14.0. The molecule has 0 aromatic heterocycles. The number of amides is 1. The van der Waals surface area contributed by atoms with Crippen LogP contribution in [0.1, 0.15) is 18.4 Å². The lowest BCUT2D eigenvalue weighted by Gasteiger charge is -2.42. The Morgan fingerprint density at radius 1 is 1.48 bits per heavy atom. The summed E-state index contributed by atoms with van der Waals surface area (Å²) in [5.41, 5.74) is 12.2. The molecule has 1 aromatic carbocycles. The van der Waals surface area contributed by atoms with Crippen molar-refractivity contribution < 1.29 is 14.5 Å². The Bertz CT molecular complexity index is 529. The molecule has 1 heterocycles. The average Bonchev–Trinajstić information content (AvgIpc) is 2.45. The minimum Gasteiger partial charge on any atom is -0.462 e. The molecular weight excluding hydrogens is 270 g/mol. The second-order valence-electron chi connectivity index (χ2n) is 5.53. The number of benzene rings is 1. The number of likely N-dealkylation sites (tertiary alicyclic amines) is 1. The maximum absolute atomic E-state index is 11.2. The Hall–Kier alpha value is -2.24. The van der Waals surface area contributed by atoms with E-state index in [1.165, 1.54) is 0 Å². The Morgan fingerprint density at radius 3 is 2.90 bits per heavy atom. The van der Waals surface area contributed by atoms with Gasteiger partial charge < -0.3 is 5.11 Å². The third kappa shape index (κ3) is 4.37. The van der Waals surface area contributed by atoms with Gasteiger partial charge in [0, 0.05) is 22.9 Å². The van der Waals surface area contributed by atoms with Crippen molar-refractivity contribution in [1.82, 2.24) is 5.43 Å². The zero-order valence-electron chi connectivity index (χ0n) is 11.9. The molecule has 1 amide bonds. The minimum absolute atomic E-state index is 0.213. The summed E-state index contributed by atoms with van der Waals surface area (Å²) in [6, 6.07) is 9.85. The Labute approximate surface area is 123 Å². The van der Waals surface area contributed by atoms with Crippen molar-refractivity contribution in [2.45, 2.75) is 19.4 Å². The first-order chi connectivity index (χ1) is 10.1. The lowest BCUT2D eigenvalue weighted by molar-refractivity contribution is -0.981. The first-order valence-electron chi connectivity index (χ1n) is 7.06. The maximum Gasteiger partial charge on any atom is 0.449 e. The first kappa shape index (κ1) is 15.2. The molecule has 1 aliphatic heterocycles. The van der Waals surface area contributed by atoms with Gasteiger partial charge in [-0.3, -0.25) is 0 Å². The highest BCUT2D eigenvalue weighted by Crippen LogP contribution is 2.25. The summed E-state index contributed by atoms with van der Waals surface area (Å²) in [7, 11) is 0. The summed E-state index contributed by atoms with van der Waals surface area (Å²) in [5, 5.41) is 12.8.